The van der Waals surface area contributed by atoms with Crippen LogP contribution < -0.4 is 10.1 Å². The molecular formula is C22H22Cl2FN3O4S. The van der Waals surface area contributed by atoms with Gasteiger partial charge in [0, 0.05) is 42.2 Å². The zero-order valence-corrected chi connectivity index (χ0v) is 19.8. The maximum Gasteiger partial charge on any atom is 0.244 e. The average molecular weight is 514 g/mol. The summed E-state index contributed by atoms with van der Waals surface area (Å²) in [5.41, 5.74) is -0.639. The molecule has 0 amide bonds. The molecule has 11 heteroatoms. The summed E-state index contributed by atoms with van der Waals surface area (Å²) in [4.78, 5) is -0.0210. The van der Waals surface area contributed by atoms with Gasteiger partial charge in [0.05, 0.1) is 23.3 Å². The van der Waals surface area contributed by atoms with Crippen molar-refractivity contribution in [1.82, 2.24) is 9.62 Å². The third-order valence-corrected chi connectivity index (χ3v) is 8.53. The fourth-order valence-electron chi connectivity index (χ4n) is 3.98. The second-order valence-corrected chi connectivity index (χ2v) is 11.3. The van der Waals surface area contributed by atoms with Crippen molar-refractivity contribution in [2.75, 3.05) is 26.2 Å². The van der Waals surface area contributed by atoms with Crippen molar-refractivity contribution in [3.05, 3.63) is 57.8 Å². The number of halogens is 3. The molecule has 0 aromatic heterocycles. The summed E-state index contributed by atoms with van der Waals surface area (Å²) in [7, 11) is -3.83. The van der Waals surface area contributed by atoms with Crippen LogP contribution in [0.25, 0.3) is 0 Å². The van der Waals surface area contributed by atoms with E-state index < -0.39 is 21.3 Å². The van der Waals surface area contributed by atoms with Crippen LogP contribution in [0.3, 0.4) is 0 Å². The Morgan fingerprint density at radius 2 is 1.97 bits per heavy atom. The standard InChI is InChI=1S/C22H22Cl2FN3O4S/c23-15-2-4-21(19(24)5-15)33(30,31)28-11-22(12-28,10-27-16-6-17(29)7-16)13-32-18-3-1-14(9-26)20(25)8-18/h1-5,8,16-17,27,29H,6-7,10-13H2/t16-,17+. The van der Waals surface area contributed by atoms with Gasteiger partial charge in [-0.3, -0.25) is 0 Å². The van der Waals surface area contributed by atoms with Crippen molar-refractivity contribution < 1.29 is 22.7 Å². The number of rotatable bonds is 8. The molecule has 1 aliphatic carbocycles. The Kier molecular flexibility index (Phi) is 6.87. The Labute approximate surface area is 201 Å². The molecule has 7 nitrogen and oxygen atoms in total. The van der Waals surface area contributed by atoms with Crippen molar-refractivity contribution in [3.63, 3.8) is 0 Å². The molecule has 4 rings (SSSR count). The second-order valence-electron chi connectivity index (χ2n) is 8.59. The van der Waals surface area contributed by atoms with Gasteiger partial charge in [0.1, 0.15) is 22.5 Å². The van der Waals surface area contributed by atoms with Gasteiger partial charge in [0.25, 0.3) is 0 Å². The first-order valence-corrected chi connectivity index (χ1v) is 12.5. The lowest BCUT2D eigenvalue weighted by molar-refractivity contribution is 0.00347. The second kappa shape index (κ2) is 9.37. The molecule has 2 aromatic rings. The zero-order chi connectivity index (χ0) is 23.8. The van der Waals surface area contributed by atoms with E-state index in [-0.39, 0.29) is 53.1 Å². The summed E-state index contributed by atoms with van der Waals surface area (Å²) in [6, 6.07) is 10.1. The fourth-order valence-corrected chi connectivity index (χ4v) is 6.39. The molecule has 33 heavy (non-hydrogen) atoms. The molecule has 1 aliphatic heterocycles. The summed E-state index contributed by atoms with van der Waals surface area (Å²) in [6.07, 6.45) is 0.960. The van der Waals surface area contributed by atoms with Gasteiger partial charge in [-0.25, -0.2) is 12.8 Å². The quantitative estimate of drug-likeness (QED) is 0.561. The largest absolute Gasteiger partial charge is 0.493 e. The normalized spacial score (nSPS) is 22.2. The summed E-state index contributed by atoms with van der Waals surface area (Å²) >= 11 is 12.0. The smallest absolute Gasteiger partial charge is 0.244 e. The number of hydrogen-bond acceptors (Lipinski definition) is 6. The minimum Gasteiger partial charge on any atom is -0.493 e. The van der Waals surface area contributed by atoms with E-state index in [1.807, 2.05) is 0 Å². The highest BCUT2D eigenvalue weighted by atomic mass is 35.5. The third kappa shape index (κ3) is 5.11. The maximum atomic E-state index is 13.9. The molecule has 1 saturated heterocycles. The molecular weight excluding hydrogens is 492 g/mol. The summed E-state index contributed by atoms with van der Waals surface area (Å²) in [5.74, 6) is -0.423. The first kappa shape index (κ1) is 24.2. The van der Waals surface area contributed by atoms with Crippen LogP contribution in [0.5, 0.6) is 5.75 Å². The van der Waals surface area contributed by atoms with Crippen LogP contribution in [0.1, 0.15) is 18.4 Å². The third-order valence-electron chi connectivity index (χ3n) is 6.02. The lowest BCUT2D eigenvalue weighted by atomic mass is 9.81. The summed E-state index contributed by atoms with van der Waals surface area (Å²) in [6.45, 7) is 0.954. The van der Waals surface area contributed by atoms with Crippen LogP contribution in [-0.2, 0) is 10.0 Å². The zero-order valence-electron chi connectivity index (χ0n) is 17.5. The number of nitrogens with zero attached hydrogens (tertiary/aromatic N) is 2. The lowest BCUT2D eigenvalue weighted by Gasteiger charge is -2.50. The van der Waals surface area contributed by atoms with E-state index in [1.54, 1.807) is 6.07 Å². The van der Waals surface area contributed by atoms with E-state index in [0.29, 0.717) is 24.4 Å². The van der Waals surface area contributed by atoms with Crippen LogP contribution in [0.15, 0.2) is 41.3 Å². The van der Waals surface area contributed by atoms with Gasteiger partial charge in [0.2, 0.25) is 10.0 Å². The molecule has 1 saturated carbocycles. The molecule has 0 spiro atoms. The molecule has 176 valence electrons. The van der Waals surface area contributed by atoms with Gasteiger partial charge in [0.15, 0.2) is 0 Å². The Balaban J connectivity index is 1.48. The van der Waals surface area contributed by atoms with Gasteiger partial charge in [-0.15, -0.1) is 0 Å². The van der Waals surface area contributed by atoms with Crippen LogP contribution in [0.4, 0.5) is 4.39 Å². The predicted molar refractivity (Wildman–Crippen MR) is 121 cm³/mol. The van der Waals surface area contributed by atoms with Gasteiger partial charge >= 0.3 is 0 Å². The minimum atomic E-state index is -3.83. The van der Waals surface area contributed by atoms with Crippen LogP contribution in [0.2, 0.25) is 10.0 Å². The molecule has 0 unspecified atom stereocenters. The van der Waals surface area contributed by atoms with Gasteiger partial charge in [-0.2, -0.15) is 9.57 Å². The highest BCUT2D eigenvalue weighted by Crippen LogP contribution is 2.38. The molecule has 2 aromatic carbocycles. The number of aliphatic hydroxyl groups is 1. The van der Waals surface area contributed by atoms with E-state index in [4.69, 9.17) is 33.2 Å². The van der Waals surface area contributed by atoms with Gasteiger partial charge in [-0.1, -0.05) is 23.2 Å². The van der Waals surface area contributed by atoms with Crippen molar-refractivity contribution in [2.45, 2.75) is 29.9 Å². The van der Waals surface area contributed by atoms with Gasteiger partial charge < -0.3 is 15.2 Å². The van der Waals surface area contributed by atoms with E-state index in [1.165, 1.54) is 34.6 Å². The highest BCUT2D eigenvalue weighted by Gasteiger charge is 2.50. The molecule has 0 atom stereocenters. The topological polar surface area (TPSA) is 103 Å². The van der Waals surface area contributed by atoms with Crippen molar-refractivity contribution in [2.24, 2.45) is 5.41 Å². The number of aliphatic hydroxyl groups excluding tert-OH is 1. The maximum absolute atomic E-state index is 13.9. The van der Waals surface area contributed by atoms with Crippen LogP contribution in [0, 0.1) is 22.6 Å². The Morgan fingerprint density at radius 1 is 1.24 bits per heavy atom. The first-order chi connectivity index (χ1) is 15.6. The number of benzene rings is 2. The van der Waals surface area contributed by atoms with Gasteiger partial charge in [-0.05, 0) is 43.2 Å². The predicted octanol–water partition coefficient (Wildman–Crippen LogP) is 3.19. The Bertz CT molecular complexity index is 1190. The monoisotopic (exact) mass is 513 g/mol. The molecule has 0 bridgehead atoms. The highest BCUT2D eigenvalue weighted by molar-refractivity contribution is 7.89. The molecule has 0 radical (unpaired) electrons. The number of nitrogens with one attached hydrogen (secondary N) is 1. The van der Waals surface area contributed by atoms with E-state index >= 15 is 0 Å². The minimum absolute atomic E-state index is 0.0210. The van der Waals surface area contributed by atoms with E-state index in [2.05, 4.69) is 5.32 Å². The average Bonchev–Trinajstić information content (AvgIpc) is 2.70. The Morgan fingerprint density at radius 3 is 2.58 bits per heavy atom. The van der Waals surface area contributed by atoms with E-state index in [9.17, 15) is 17.9 Å². The van der Waals surface area contributed by atoms with Crippen LogP contribution >= 0.6 is 23.2 Å². The number of nitriles is 1. The molecule has 2 fully saturated rings. The molecule has 2 N–H and O–H groups in total. The van der Waals surface area contributed by atoms with Crippen molar-refractivity contribution >= 4 is 33.2 Å². The Hall–Kier alpha value is -1.93. The summed E-state index contributed by atoms with van der Waals surface area (Å²) < 4.78 is 47.2. The number of hydrogen-bond donors (Lipinski definition) is 2. The molecule has 2 aliphatic rings. The number of ether oxygens (including phenoxy) is 1. The first-order valence-electron chi connectivity index (χ1n) is 10.3. The molecule has 1 heterocycles. The van der Waals surface area contributed by atoms with Crippen LogP contribution in [-0.4, -0.2) is 56.2 Å². The van der Waals surface area contributed by atoms with Crippen molar-refractivity contribution in [1.29, 1.82) is 5.26 Å². The lowest BCUT2D eigenvalue weighted by Crippen LogP contribution is -2.65. The fraction of sp³-hybridized carbons (Fsp3) is 0.409. The number of sulfonamides is 1. The SMILES string of the molecule is N#Cc1ccc(OCC2(CN[C@H]3C[C@@H](O)C3)CN(S(=O)(=O)c3ccc(Cl)cc3Cl)C2)cc1F. The summed E-state index contributed by atoms with van der Waals surface area (Å²) in [5, 5.41) is 22.2. The van der Waals surface area contributed by atoms with Crippen molar-refractivity contribution in [3.8, 4) is 11.8 Å². The van der Waals surface area contributed by atoms with E-state index in [0.717, 1.165) is 6.07 Å².